The molecule has 88 valence electrons. The van der Waals surface area contributed by atoms with Gasteiger partial charge in [0.15, 0.2) is 0 Å². The Morgan fingerprint density at radius 3 is 2.33 bits per heavy atom. The van der Waals surface area contributed by atoms with E-state index in [1.807, 2.05) is 20.8 Å². The highest BCUT2D eigenvalue weighted by atomic mass is 16.6. The molecule has 0 aromatic carbocycles. The Kier molecular flexibility index (Phi) is 3.01. The van der Waals surface area contributed by atoms with Crippen molar-refractivity contribution in [1.82, 2.24) is 4.90 Å². The first kappa shape index (κ1) is 12.3. The number of ether oxygens (including phenoxy) is 1. The second-order valence-corrected chi connectivity index (χ2v) is 5.96. The summed E-state index contributed by atoms with van der Waals surface area (Å²) in [6, 6.07) is 0.0324. The topological polar surface area (TPSA) is 55.6 Å². The summed E-state index contributed by atoms with van der Waals surface area (Å²) in [6.07, 6.45) is -0.261. The number of likely N-dealkylation sites (tertiary alicyclic amines) is 1. The third-order valence-corrected chi connectivity index (χ3v) is 2.67. The maximum Gasteiger partial charge on any atom is 0.410 e. The molecule has 0 unspecified atom stereocenters. The number of hydrogen-bond donors (Lipinski definition) is 1. The molecule has 0 spiro atoms. The quantitative estimate of drug-likeness (QED) is 0.666. The number of hydrogen-bond acceptors (Lipinski definition) is 3. The molecule has 4 nitrogen and oxygen atoms in total. The maximum atomic E-state index is 11.7. The predicted octanol–water partition coefficient (Wildman–Crippen LogP) is 1.59. The van der Waals surface area contributed by atoms with Crippen molar-refractivity contribution in [2.24, 2.45) is 11.1 Å². The number of nitrogens with zero attached hydrogens (tertiary/aromatic N) is 1. The molecule has 0 saturated carbocycles. The zero-order valence-electron chi connectivity index (χ0n) is 10.3. The number of amides is 1. The zero-order chi connectivity index (χ0) is 11.9. The summed E-state index contributed by atoms with van der Waals surface area (Å²) in [5, 5.41) is 0. The fraction of sp³-hybridized carbons (Fsp3) is 0.909. The van der Waals surface area contributed by atoms with Crippen LogP contribution in [0.25, 0.3) is 0 Å². The standard InChI is InChI=1S/C11H22N2O2/c1-10(2,3)15-9(14)13-6-8(12)11(4,5)7-13/h8H,6-7,12H2,1-5H3/t8-/m0/s1. The van der Waals surface area contributed by atoms with E-state index in [2.05, 4.69) is 13.8 Å². The van der Waals surface area contributed by atoms with Gasteiger partial charge in [0, 0.05) is 19.1 Å². The van der Waals surface area contributed by atoms with Crippen LogP contribution in [0.3, 0.4) is 0 Å². The van der Waals surface area contributed by atoms with Gasteiger partial charge < -0.3 is 15.4 Å². The highest BCUT2D eigenvalue weighted by Crippen LogP contribution is 2.28. The smallest absolute Gasteiger partial charge is 0.410 e. The number of nitrogens with two attached hydrogens (primary N) is 1. The van der Waals surface area contributed by atoms with E-state index >= 15 is 0 Å². The molecule has 0 aromatic heterocycles. The Bertz CT molecular complexity index is 256. The third-order valence-electron chi connectivity index (χ3n) is 2.67. The van der Waals surface area contributed by atoms with Crippen LogP contribution in [-0.2, 0) is 4.74 Å². The molecule has 1 amide bonds. The second kappa shape index (κ2) is 3.67. The molecule has 1 atom stereocenters. The van der Waals surface area contributed by atoms with Crippen molar-refractivity contribution in [3.63, 3.8) is 0 Å². The molecule has 15 heavy (non-hydrogen) atoms. The van der Waals surface area contributed by atoms with E-state index in [4.69, 9.17) is 10.5 Å². The van der Waals surface area contributed by atoms with Crippen LogP contribution in [-0.4, -0.2) is 35.7 Å². The fourth-order valence-corrected chi connectivity index (χ4v) is 1.62. The molecular formula is C11H22N2O2. The van der Waals surface area contributed by atoms with Gasteiger partial charge in [-0.05, 0) is 26.2 Å². The Morgan fingerprint density at radius 2 is 2.00 bits per heavy atom. The summed E-state index contributed by atoms with van der Waals surface area (Å²) >= 11 is 0. The molecule has 1 aliphatic heterocycles. The minimum absolute atomic E-state index is 0.0170. The lowest BCUT2D eigenvalue weighted by Gasteiger charge is -2.25. The van der Waals surface area contributed by atoms with E-state index in [9.17, 15) is 4.79 Å². The maximum absolute atomic E-state index is 11.7. The SMILES string of the molecule is CC(C)(C)OC(=O)N1C[C@H](N)C(C)(C)C1. The first-order chi connectivity index (χ1) is 6.62. The molecule has 0 aromatic rings. The molecule has 1 aliphatic rings. The first-order valence-corrected chi connectivity index (χ1v) is 5.35. The summed E-state index contributed by atoms with van der Waals surface area (Å²) in [6.45, 7) is 11.0. The molecule has 0 aliphatic carbocycles. The Labute approximate surface area is 91.8 Å². The normalized spacial score (nSPS) is 25.5. The van der Waals surface area contributed by atoms with Crippen molar-refractivity contribution in [2.75, 3.05) is 13.1 Å². The van der Waals surface area contributed by atoms with Crippen LogP contribution in [0.4, 0.5) is 4.79 Å². The van der Waals surface area contributed by atoms with Gasteiger partial charge in [-0.25, -0.2) is 4.79 Å². The average molecular weight is 214 g/mol. The van der Waals surface area contributed by atoms with Gasteiger partial charge in [-0.15, -0.1) is 0 Å². The lowest BCUT2D eigenvalue weighted by atomic mass is 9.89. The monoisotopic (exact) mass is 214 g/mol. The van der Waals surface area contributed by atoms with Gasteiger partial charge >= 0.3 is 6.09 Å². The van der Waals surface area contributed by atoms with Crippen molar-refractivity contribution in [3.8, 4) is 0 Å². The minimum atomic E-state index is -0.437. The van der Waals surface area contributed by atoms with Gasteiger partial charge in [-0.2, -0.15) is 0 Å². The van der Waals surface area contributed by atoms with Gasteiger partial charge in [-0.3, -0.25) is 0 Å². The number of rotatable bonds is 0. The zero-order valence-corrected chi connectivity index (χ0v) is 10.3. The van der Waals surface area contributed by atoms with E-state index in [0.29, 0.717) is 13.1 Å². The van der Waals surface area contributed by atoms with Crippen molar-refractivity contribution in [1.29, 1.82) is 0 Å². The van der Waals surface area contributed by atoms with E-state index in [0.717, 1.165) is 0 Å². The summed E-state index contributed by atoms with van der Waals surface area (Å²) in [4.78, 5) is 13.4. The third kappa shape index (κ3) is 3.09. The lowest BCUT2D eigenvalue weighted by Crippen LogP contribution is -2.37. The van der Waals surface area contributed by atoms with Crippen molar-refractivity contribution < 1.29 is 9.53 Å². The van der Waals surface area contributed by atoms with Crippen molar-refractivity contribution >= 4 is 6.09 Å². The van der Waals surface area contributed by atoms with Crippen molar-refractivity contribution in [2.45, 2.75) is 46.3 Å². The van der Waals surface area contributed by atoms with E-state index in [-0.39, 0.29) is 17.6 Å². The molecule has 1 fully saturated rings. The van der Waals surface area contributed by atoms with Crippen LogP contribution in [0.2, 0.25) is 0 Å². The van der Waals surface area contributed by atoms with Crippen LogP contribution in [0.1, 0.15) is 34.6 Å². The van der Waals surface area contributed by atoms with E-state index in [1.54, 1.807) is 4.90 Å². The summed E-state index contributed by atoms with van der Waals surface area (Å²) < 4.78 is 5.29. The fourth-order valence-electron chi connectivity index (χ4n) is 1.62. The highest BCUT2D eigenvalue weighted by Gasteiger charge is 2.40. The molecule has 0 radical (unpaired) electrons. The molecule has 1 heterocycles. The largest absolute Gasteiger partial charge is 0.444 e. The van der Waals surface area contributed by atoms with Crippen LogP contribution in [0.15, 0.2) is 0 Å². The average Bonchev–Trinajstić information content (AvgIpc) is 2.23. The van der Waals surface area contributed by atoms with Crippen molar-refractivity contribution in [3.05, 3.63) is 0 Å². The van der Waals surface area contributed by atoms with Crippen LogP contribution in [0, 0.1) is 5.41 Å². The molecule has 1 rings (SSSR count). The van der Waals surface area contributed by atoms with E-state index in [1.165, 1.54) is 0 Å². The molecule has 2 N–H and O–H groups in total. The second-order valence-electron chi connectivity index (χ2n) is 5.96. The molecular weight excluding hydrogens is 192 g/mol. The van der Waals surface area contributed by atoms with Crippen LogP contribution < -0.4 is 5.73 Å². The van der Waals surface area contributed by atoms with Gasteiger partial charge in [0.2, 0.25) is 0 Å². The lowest BCUT2D eigenvalue weighted by molar-refractivity contribution is 0.0278. The van der Waals surface area contributed by atoms with Gasteiger partial charge in [0.25, 0.3) is 0 Å². The molecule has 4 heteroatoms. The molecule has 1 saturated heterocycles. The highest BCUT2D eigenvalue weighted by molar-refractivity contribution is 5.68. The minimum Gasteiger partial charge on any atom is -0.444 e. The van der Waals surface area contributed by atoms with Crippen LogP contribution >= 0.6 is 0 Å². The summed E-state index contributed by atoms with van der Waals surface area (Å²) in [5.74, 6) is 0. The predicted molar refractivity (Wildman–Crippen MR) is 59.6 cm³/mol. The summed E-state index contributed by atoms with van der Waals surface area (Å²) in [5.41, 5.74) is 5.50. The Balaban J connectivity index is 2.58. The number of carbonyl (C=O) groups is 1. The van der Waals surface area contributed by atoms with Gasteiger partial charge in [0.1, 0.15) is 5.60 Å². The summed E-state index contributed by atoms with van der Waals surface area (Å²) in [7, 11) is 0. The first-order valence-electron chi connectivity index (χ1n) is 5.35. The Hall–Kier alpha value is -0.770. The Morgan fingerprint density at radius 1 is 1.47 bits per heavy atom. The van der Waals surface area contributed by atoms with Gasteiger partial charge in [-0.1, -0.05) is 13.8 Å². The van der Waals surface area contributed by atoms with E-state index < -0.39 is 5.60 Å². The van der Waals surface area contributed by atoms with Crippen LogP contribution in [0.5, 0.6) is 0 Å². The number of carbonyl (C=O) groups excluding carboxylic acids is 1. The molecule has 0 bridgehead atoms. The van der Waals surface area contributed by atoms with Gasteiger partial charge in [0.05, 0.1) is 0 Å².